The number of rotatable bonds is 2. The lowest BCUT2D eigenvalue weighted by Gasteiger charge is -2.20. The van der Waals surface area contributed by atoms with E-state index in [0.29, 0.717) is 0 Å². The topological polar surface area (TPSA) is 38.3 Å². The Bertz CT molecular complexity index is 415. The summed E-state index contributed by atoms with van der Waals surface area (Å²) in [6.45, 7) is 5.52. The second kappa shape index (κ2) is 5.95. The monoisotopic (exact) mass is 365 g/mol. The Hall–Kier alpha value is -0.430. The summed E-state index contributed by atoms with van der Waals surface area (Å²) in [5.74, 6) is 0. The van der Waals surface area contributed by atoms with Gasteiger partial charge in [0.15, 0.2) is 0 Å². The van der Waals surface area contributed by atoms with Crippen LogP contribution in [0.2, 0.25) is 0 Å². The minimum atomic E-state index is -0.477. The molecule has 0 spiro atoms. The molecule has 0 fully saturated rings. The Labute approximate surface area is 120 Å². The molecule has 5 heteroatoms. The van der Waals surface area contributed by atoms with Crippen molar-refractivity contribution >= 4 is 46.1 Å². The van der Waals surface area contributed by atoms with E-state index in [1.165, 1.54) is 4.90 Å². The molecule has 1 aromatic rings. The van der Waals surface area contributed by atoms with Crippen LogP contribution in [0.1, 0.15) is 20.8 Å². The number of carbonyl (C=O) groups excluding carboxylic acids is 1. The van der Waals surface area contributed by atoms with Crippen LogP contribution in [-0.2, 0) is 4.74 Å². The van der Waals surface area contributed by atoms with Gasteiger partial charge in [-0.15, -0.1) is 11.8 Å². The number of benzene rings is 1. The van der Waals surface area contributed by atoms with Gasteiger partial charge in [-0.2, -0.15) is 0 Å². The van der Waals surface area contributed by atoms with Gasteiger partial charge >= 0.3 is 6.09 Å². The maximum atomic E-state index is 11.6. The van der Waals surface area contributed by atoms with E-state index < -0.39 is 11.7 Å². The molecular formula is C12H16INO2S. The molecule has 0 saturated heterocycles. The largest absolute Gasteiger partial charge is 0.444 e. The minimum absolute atomic E-state index is 0.424. The Morgan fingerprint density at radius 2 is 2.06 bits per heavy atom. The van der Waals surface area contributed by atoms with Crippen LogP contribution >= 0.6 is 34.4 Å². The molecule has 0 heterocycles. The first-order valence-corrected chi connectivity index (χ1v) is 7.46. The van der Waals surface area contributed by atoms with Crippen LogP contribution in [0.5, 0.6) is 0 Å². The second-order valence-corrected chi connectivity index (χ2v) is 6.51. The molecule has 17 heavy (non-hydrogen) atoms. The van der Waals surface area contributed by atoms with Gasteiger partial charge in [-0.3, -0.25) is 5.32 Å². The van der Waals surface area contributed by atoms with E-state index in [1.807, 2.05) is 45.2 Å². The van der Waals surface area contributed by atoms with Crippen molar-refractivity contribution in [3.63, 3.8) is 0 Å². The predicted octanol–water partition coefficient (Wildman–Crippen LogP) is 4.36. The molecule has 0 unspecified atom stereocenters. The lowest BCUT2D eigenvalue weighted by molar-refractivity contribution is 0.0636. The van der Waals surface area contributed by atoms with Crippen LogP contribution in [0.15, 0.2) is 23.1 Å². The van der Waals surface area contributed by atoms with Crippen molar-refractivity contribution in [2.24, 2.45) is 0 Å². The van der Waals surface area contributed by atoms with Gasteiger partial charge in [0.1, 0.15) is 5.60 Å². The number of hydrogen-bond acceptors (Lipinski definition) is 3. The zero-order valence-corrected chi connectivity index (χ0v) is 13.3. The second-order valence-electron chi connectivity index (χ2n) is 4.47. The third-order valence-corrected chi connectivity index (χ3v) is 3.43. The van der Waals surface area contributed by atoms with Crippen LogP contribution in [0.3, 0.4) is 0 Å². The Morgan fingerprint density at radius 3 is 2.53 bits per heavy atom. The summed E-state index contributed by atoms with van der Waals surface area (Å²) in [6.07, 6.45) is 1.60. The van der Waals surface area contributed by atoms with E-state index in [0.717, 1.165) is 9.26 Å². The highest BCUT2D eigenvalue weighted by atomic mass is 127. The van der Waals surface area contributed by atoms with Crippen LogP contribution in [-0.4, -0.2) is 18.0 Å². The molecule has 0 atom stereocenters. The fourth-order valence-corrected chi connectivity index (χ4v) is 2.44. The van der Waals surface area contributed by atoms with E-state index in [9.17, 15) is 4.79 Å². The molecule has 3 nitrogen and oxygen atoms in total. The quantitative estimate of drug-likeness (QED) is 0.625. The fraction of sp³-hybridized carbons (Fsp3) is 0.417. The van der Waals surface area contributed by atoms with Crippen molar-refractivity contribution < 1.29 is 9.53 Å². The summed E-state index contributed by atoms with van der Waals surface area (Å²) in [4.78, 5) is 12.8. The molecule has 0 aliphatic heterocycles. The minimum Gasteiger partial charge on any atom is -0.444 e. The maximum Gasteiger partial charge on any atom is 0.412 e. The number of hydrogen-bond donors (Lipinski definition) is 1. The van der Waals surface area contributed by atoms with Gasteiger partial charge < -0.3 is 4.74 Å². The summed E-state index contributed by atoms with van der Waals surface area (Å²) >= 11 is 3.87. The van der Waals surface area contributed by atoms with Crippen LogP contribution < -0.4 is 5.32 Å². The van der Waals surface area contributed by atoms with Crippen molar-refractivity contribution in [3.8, 4) is 0 Å². The van der Waals surface area contributed by atoms with E-state index in [4.69, 9.17) is 4.74 Å². The first kappa shape index (κ1) is 14.6. The van der Waals surface area contributed by atoms with Crippen molar-refractivity contribution in [1.82, 2.24) is 0 Å². The van der Waals surface area contributed by atoms with Gasteiger partial charge in [0.2, 0.25) is 0 Å². The third kappa shape index (κ3) is 5.16. The van der Waals surface area contributed by atoms with Crippen molar-refractivity contribution in [1.29, 1.82) is 0 Å². The zero-order chi connectivity index (χ0) is 13.1. The number of nitrogens with one attached hydrogen (secondary N) is 1. The highest BCUT2D eigenvalue weighted by Crippen LogP contribution is 2.24. The van der Waals surface area contributed by atoms with Gasteiger partial charge in [0, 0.05) is 8.47 Å². The van der Waals surface area contributed by atoms with Gasteiger partial charge in [-0.05, 0) is 67.8 Å². The van der Waals surface area contributed by atoms with Crippen LogP contribution in [0.25, 0.3) is 0 Å². The zero-order valence-electron chi connectivity index (χ0n) is 10.3. The fourth-order valence-electron chi connectivity index (χ4n) is 1.14. The Kier molecular flexibility index (Phi) is 5.12. The first-order valence-electron chi connectivity index (χ1n) is 5.15. The predicted molar refractivity (Wildman–Crippen MR) is 80.8 cm³/mol. The molecule has 1 N–H and O–H groups in total. The van der Waals surface area contributed by atoms with Crippen LogP contribution in [0, 0.1) is 3.57 Å². The number of thioether (sulfide) groups is 1. The van der Waals surface area contributed by atoms with Crippen LogP contribution in [0.4, 0.5) is 10.5 Å². The average Bonchev–Trinajstić information content (AvgIpc) is 2.18. The lowest BCUT2D eigenvalue weighted by atomic mass is 10.2. The Morgan fingerprint density at radius 1 is 1.41 bits per heavy atom. The lowest BCUT2D eigenvalue weighted by Crippen LogP contribution is -2.27. The number of anilines is 1. The summed E-state index contributed by atoms with van der Waals surface area (Å²) in [5.41, 5.74) is 0.298. The third-order valence-electron chi connectivity index (χ3n) is 1.81. The number of amides is 1. The normalized spacial score (nSPS) is 11.1. The molecule has 0 aliphatic rings. The summed E-state index contributed by atoms with van der Waals surface area (Å²) < 4.78 is 6.19. The summed E-state index contributed by atoms with van der Waals surface area (Å²) in [5, 5.41) is 2.74. The molecule has 0 radical (unpaired) electrons. The van der Waals surface area contributed by atoms with Crippen molar-refractivity contribution in [2.75, 3.05) is 11.6 Å². The summed E-state index contributed by atoms with van der Waals surface area (Å²) in [6, 6.07) is 5.88. The molecule has 94 valence electrons. The van der Waals surface area contributed by atoms with Crippen molar-refractivity contribution in [3.05, 3.63) is 21.8 Å². The van der Waals surface area contributed by atoms with Gasteiger partial charge in [0.05, 0.1) is 5.69 Å². The van der Waals surface area contributed by atoms with E-state index in [1.54, 1.807) is 11.8 Å². The molecule has 1 amide bonds. The number of carbonyl (C=O) groups is 1. The van der Waals surface area contributed by atoms with Gasteiger partial charge in [0.25, 0.3) is 0 Å². The Balaban J connectivity index is 2.72. The molecule has 1 aromatic carbocycles. The van der Waals surface area contributed by atoms with Crippen molar-refractivity contribution in [2.45, 2.75) is 31.3 Å². The van der Waals surface area contributed by atoms with Gasteiger partial charge in [-0.1, -0.05) is 0 Å². The smallest absolute Gasteiger partial charge is 0.412 e. The van der Waals surface area contributed by atoms with E-state index >= 15 is 0 Å². The molecule has 0 aliphatic carbocycles. The molecule has 0 aromatic heterocycles. The highest BCUT2D eigenvalue weighted by Gasteiger charge is 2.16. The molecule has 0 saturated carbocycles. The first-order chi connectivity index (χ1) is 7.81. The standard InChI is InChI=1S/C12H16INO2S/c1-12(2,3)16-11(15)14-10-6-5-8(17-4)7-9(10)13/h5-7H,1-4H3,(H,14,15). The SMILES string of the molecule is CSc1ccc(NC(=O)OC(C)(C)C)c(I)c1. The van der Waals surface area contributed by atoms with E-state index in [-0.39, 0.29) is 0 Å². The number of halogens is 1. The summed E-state index contributed by atoms with van der Waals surface area (Å²) in [7, 11) is 0. The molecule has 1 rings (SSSR count). The molecular weight excluding hydrogens is 349 g/mol. The number of ether oxygens (including phenoxy) is 1. The maximum absolute atomic E-state index is 11.6. The van der Waals surface area contributed by atoms with E-state index in [2.05, 4.69) is 27.9 Å². The van der Waals surface area contributed by atoms with Gasteiger partial charge in [-0.25, -0.2) is 4.79 Å². The highest BCUT2D eigenvalue weighted by molar-refractivity contribution is 14.1. The molecule has 0 bridgehead atoms. The average molecular weight is 365 g/mol.